The van der Waals surface area contributed by atoms with Gasteiger partial charge in [0.2, 0.25) is 0 Å². The summed E-state index contributed by atoms with van der Waals surface area (Å²) < 4.78 is 16.7. The molecule has 1 aromatic heterocycles. The van der Waals surface area contributed by atoms with Crippen molar-refractivity contribution in [1.29, 1.82) is 0 Å². The van der Waals surface area contributed by atoms with Gasteiger partial charge in [0.1, 0.15) is 4.88 Å². The van der Waals surface area contributed by atoms with Gasteiger partial charge in [-0.25, -0.2) is 4.79 Å². The van der Waals surface area contributed by atoms with Gasteiger partial charge >= 0.3 is 5.97 Å². The lowest BCUT2D eigenvalue weighted by atomic mass is 10.1. The summed E-state index contributed by atoms with van der Waals surface area (Å²) in [5.74, 6) is -0.300. The number of methoxy groups -OCH3 is 1. The van der Waals surface area contributed by atoms with E-state index in [1.807, 2.05) is 24.3 Å². The largest absolute Gasteiger partial charge is 0.465 e. The molecule has 2 aromatic rings. The topological polar surface area (TPSA) is 44.8 Å². The molecular formula is C13H12O4S. The van der Waals surface area contributed by atoms with E-state index in [9.17, 15) is 4.79 Å². The summed E-state index contributed by atoms with van der Waals surface area (Å²) in [5.41, 5.74) is 0.981. The summed E-state index contributed by atoms with van der Waals surface area (Å²) in [6.45, 7) is 1.25. The Kier molecular flexibility index (Phi) is 3.03. The normalized spacial score (nSPS) is 16.3. The van der Waals surface area contributed by atoms with Crippen LogP contribution >= 0.6 is 11.3 Å². The first-order valence-electron chi connectivity index (χ1n) is 5.63. The minimum absolute atomic E-state index is 0.282. The molecule has 0 aliphatic carbocycles. The molecule has 3 rings (SSSR count). The van der Waals surface area contributed by atoms with Crippen LogP contribution in [0.5, 0.6) is 0 Å². The second-order valence-electron chi connectivity index (χ2n) is 3.97. The van der Waals surface area contributed by atoms with Crippen LogP contribution in [0.4, 0.5) is 0 Å². The Bertz CT molecular complexity index is 584. The summed E-state index contributed by atoms with van der Waals surface area (Å²) in [5, 5.41) is 1.01. The number of fused-ring (bicyclic) bond motifs is 1. The Morgan fingerprint density at radius 3 is 2.83 bits per heavy atom. The van der Waals surface area contributed by atoms with Crippen molar-refractivity contribution in [3.8, 4) is 0 Å². The molecule has 5 heteroatoms. The Morgan fingerprint density at radius 2 is 2.11 bits per heavy atom. The van der Waals surface area contributed by atoms with Gasteiger partial charge in [0.25, 0.3) is 0 Å². The molecule has 1 aliphatic heterocycles. The first-order chi connectivity index (χ1) is 8.78. The quantitative estimate of drug-likeness (QED) is 0.782. The molecule has 1 fully saturated rings. The van der Waals surface area contributed by atoms with E-state index in [1.165, 1.54) is 18.4 Å². The molecule has 0 spiro atoms. The zero-order chi connectivity index (χ0) is 12.5. The van der Waals surface area contributed by atoms with Crippen molar-refractivity contribution in [2.24, 2.45) is 0 Å². The fraction of sp³-hybridized carbons (Fsp3) is 0.308. The molecule has 18 heavy (non-hydrogen) atoms. The number of hydrogen-bond acceptors (Lipinski definition) is 5. The molecule has 1 aromatic carbocycles. The smallest absolute Gasteiger partial charge is 0.348 e. The maximum atomic E-state index is 11.5. The van der Waals surface area contributed by atoms with Crippen LogP contribution in [0.25, 0.3) is 10.1 Å². The molecule has 4 nitrogen and oxygen atoms in total. The molecule has 94 valence electrons. The second-order valence-corrected chi connectivity index (χ2v) is 5.06. The van der Waals surface area contributed by atoms with Crippen LogP contribution in [0.1, 0.15) is 21.5 Å². The van der Waals surface area contributed by atoms with Gasteiger partial charge in [-0.2, -0.15) is 0 Å². The number of carbonyl (C=O) groups is 1. The van der Waals surface area contributed by atoms with Crippen LogP contribution in [0, 0.1) is 0 Å². The first-order valence-corrected chi connectivity index (χ1v) is 6.44. The molecule has 1 aliphatic rings. The summed E-state index contributed by atoms with van der Waals surface area (Å²) in [4.78, 5) is 12.1. The van der Waals surface area contributed by atoms with Crippen molar-refractivity contribution in [3.05, 3.63) is 34.7 Å². The predicted octanol–water partition coefficient (Wildman–Crippen LogP) is 2.73. The second kappa shape index (κ2) is 4.68. The van der Waals surface area contributed by atoms with Crippen molar-refractivity contribution >= 4 is 27.4 Å². The lowest BCUT2D eigenvalue weighted by Crippen LogP contribution is -1.97. The molecule has 0 radical (unpaired) electrons. The number of thiophene rings is 1. The number of ether oxygens (including phenoxy) is 3. The third kappa shape index (κ3) is 2.01. The van der Waals surface area contributed by atoms with Crippen LogP contribution in [-0.2, 0) is 14.2 Å². The number of rotatable bonds is 2. The highest BCUT2D eigenvalue weighted by Crippen LogP contribution is 2.31. The third-order valence-corrected chi connectivity index (χ3v) is 3.92. The Morgan fingerprint density at radius 1 is 1.33 bits per heavy atom. The number of esters is 1. The van der Waals surface area contributed by atoms with Crippen molar-refractivity contribution in [2.75, 3.05) is 20.3 Å². The van der Waals surface area contributed by atoms with Gasteiger partial charge in [-0.3, -0.25) is 0 Å². The van der Waals surface area contributed by atoms with E-state index in [4.69, 9.17) is 14.2 Å². The van der Waals surface area contributed by atoms with Gasteiger partial charge in [0.15, 0.2) is 6.29 Å². The Hall–Kier alpha value is -1.43. The van der Waals surface area contributed by atoms with Crippen LogP contribution in [0.15, 0.2) is 24.3 Å². The maximum absolute atomic E-state index is 11.5. The molecule has 1 saturated heterocycles. The predicted molar refractivity (Wildman–Crippen MR) is 67.8 cm³/mol. The van der Waals surface area contributed by atoms with Crippen molar-refractivity contribution in [3.63, 3.8) is 0 Å². The third-order valence-electron chi connectivity index (χ3n) is 2.82. The van der Waals surface area contributed by atoms with E-state index >= 15 is 0 Å². The van der Waals surface area contributed by atoms with Gasteiger partial charge in [0, 0.05) is 10.3 Å². The first kappa shape index (κ1) is 11.6. The van der Waals surface area contributed by atoms with Crippen LogP contribution in [0.3, 0.4) is 0 Å². The average Bonchev–Trinajstić information content (AvgIpc) is 3.05. The fourth-order valence-corrected chi connectivity index (χ4v) is 2.92. The van der Waals surface area contributed by atoms with E-state index in [-0.39, 0.29) is 12.3 Å². The van der Waals surface area contributed by atoms with Crippen LogP contribution < -0.4 is 0 Å². The van der Waals surface area contributed by atoms with E-state index in [0.717, 1.165) is 15.6 Å². The molecule has 0 atom stereocenters. The molecular weight excluding hydrogens is 252 g/mol. The highest BCUT2D eigenvalue weighted by Gasteiger charge is 2.19. The van der Waals surface area contributed by atoms with E-state index in [0.29, 0.717) is 18.1 Å². The van der Waals surface area contributed by atoms with Gasteiger partial charge in [-0.05, 0) is 23.6 Å². The monoisotopic (exact) mass is 264 g/mol. The van der Waals surface area contributed by atoms with Gasteiger partial charge in [-0.1, -0.05) is 6.07 Å². The minimum atomic E-state index is -0.300. The van der Waals surface area contributed by atoms with Crippen molar-refractivity contribution in [2.45, 2.75) is 6.29 Å². The molecule has 0 amide bonds. The number of hydrogen-bond donors (Lipinski definition) is 0. The molecule has 2 heterocycles. The Labute approximate surface area is 108 Å². The van der Waals surface area contributed by atoms with Crippen LogP contribution in [-0.4, -0.2) is 26.3 Å². The average molecular weight is 264 g/mol. The van der Waals surface area contributed by atoms with Gasteiger partial charge in [-0.15, -0.1) is 11.3 Å². The summed E-state index contributed by atoms with van der Waals surface area (Å²) in [6, 6.07) is 7.78. The molecule has 0 unspecified atom stereocenters. The zero-order valence-electron chi connectivity index (χ0n) is 9.84. The van der Waals surface area contributed by atoms with Gasteiger partial charge in [0.05, 0.1) is 20.3 Å². The van der Waals surface area contributed by atoms with Crippen LogP contribution in [0.2, 0.25) is 0 Å². The highest BCUT2D eigenvalue weighted by atomic mass is 32.1. The van der Waals surface area contributed by atoms with Crippen molar-refractivity contribution in [1.82, 2.24) is 0 Å². The lowest BCUT2D eigenvalue weighted by Gasteiger charge is -2.08. The summed E-state index contributed by atoms with van der Waals surface area (Å²) in [6.07, 6.45) is -0.282. The molecule has 0 saturated carbocycles. The number of carbonyl (C=O) groups excluding carboxylic acids is 1. The lowest BCUT2D eigenvalue weighted by molar-refractivity contribution is -0.0440. The molecule has 0 N–H and O–H groups in total. The minimum Gasteiger partial charge on any atom is -0.465 e. The molecule has 0 bridgehead atoms. The Balaban J connectivity index is 1.98. The maximum Gasteiger partial charge on any atom is 0.348 e. The fourth-order valence-electron chi connectivity index (χ4n) is 1.96. The number of benzene rings is 1. The summed E-state index contributed by atoms with van der Waals surface area (Å²) >= 11 is 1.43. The SMILES string of the molecule is COC(=O)c1cc2cc(C3OCCO3)ccc2s1. The van der Waals surface area contributed by atoms with E-state index in [2.05, 4.69) is 0 Å². The highest BCUT2D eigenvalue weighted by molar-refractivity contribution is 7.20. The van der Waals surface area contributed by atoms with E-state index in [1.54, 1.807) is 0 Å². The van der Waals surface area contributed by atoms with E-state index < -0.39 is 0 Å². The van der Waals surface area contributed by atoms with Gasteiger partial charge < -0.3 is 14.2 Å². The zero-order valence-corrected chi connectivity index (χ0v) is 10.7. The van der Waals surface area contributed by atoms with Crippen molar-refractivity contribution < 1.29 is 19.0 Å². The standard InChI is InChI=1S/C13H12O4S/c1-15-12(14)11-7-9-6-8(2-3-10(9)18-11)13-16-4-5-17-13/h2-3,6-7,13H,4-5H2,1H3. The summed E-state index contributed by atoms with van der Waals surface area (Å²) in [7, 11) is 1.39.